The van der Waals surface area contributed by atoms with Crippen molar-refractivity contribution in [1.82, 2.24) is 0 Å². The van der Waals surface area contributed by atoms with Gasteiger partial charge in [-0.2, -0.15) is 0 Å². The molecule has 7 heteroatoms. The summed E-state index contributed by atoms with van der Waals surface area (Å²) in [6.07, 6.45) is 2.40. The first-order valence-corrected chi connectivity index (χ1v) is 9.82. The van der Waals surface area contributed by atoms with E-state index in [4.69, 9.17) is 18.6 Å². The Morgan fingerprint density at radius 1 is 1.07 bits per heavy atom. The molecular formula is C23H23NO6. The maximum atomic E-state index is 12.2. The van der Waals surface area contributed by atoms with Gasteiger partial charge in [-0.25, -0.2) is 0 Å². The molecule has 1 aromatic heterocycles. The van der Waals surface area contributed by atoms with Crippen molar-refractivity contribution >= 4 is 28.5 Å². The van der Waals surface area contributed by atoms with Crippen LogP contribution in [0.4, 0.5) is 5.69 Å². The maximum absolute atomic E-state index is 12.2. The number of amides is 1. The van der Waals surface area contributed by atoms with E-state index in [2.05, 4.69) is 5.32 Å². The first-order chi connectivity index (χ1) is 14.5. The van der Waals surface area contributed by atoms with Crippen LogP contribution in [-0.4, -0.2) is 31.7 Å². The monoisotopic (exact) mass is 409 g/mol. The summed E-state index contributed by atoms with van der Waals surface area (Å²) in [5.74, 6) is 0.306. The third-order valence-corrected chi connectivity index (χ3v) is 5.07. The minimum atomic E-state index is -0.496. The van der Waals surface area contributed by atoms with Crippen LogP contribution >= 0.6 is 0 Å². The zero-order valence-electron chi connectivity index (χ0n) is 16.9. The number of benzene rings is 2. The van der Waals surface area contributed by atoms with Gasteiger partial charge in [-0.1, -0.05) is 12.1 Å². The number of aryl methyl sites for hydroxylation is 2. The molecule has 1 aliphatic rings. The molecule has 0 spiro atoms. The highest BCUT2D eigenvalue weighted by Crippen LogP contribution is 2.32. The van der Waals surface area contributed by atoms with Gasteiger partial charge in [0, 0.05) is 29.1 Å². The van der Waals surface area contributed by atoms with E-state index < -0.39 is 11.9 Å². The van der Waals surface area contributed by atoms with Crippen molar-refractivity contribution in [2.75, 3.05) is 25.1 Å². The highest BCUT2D eigenvalue weighted by molar-refractivity contribution is 5.94. The van der Waals surface area contributed by atoms with Gasteiger partial charge in [0.25, 0.3) is 5.91 Å². The van der Waals surface area contributed by atoms with Gasteiger partial charge >= 0.3 is 5.97 Å². The predicted molar refractivity (Wildman–Crippen MR) is 111 cm³/mol. The summed E-state index contributed by atoms with van der Waals surface area (Å²) >= 11 is 0. The van der Waals surface area contributed by atoms with Crippen LogP contribution < -0.4 is 14.8 Å². The van der Waals surface area contributed by atoms with Crippen molar-refractivity contribution in [3.63, 3.8) is 0 Å². The number of furan rings is 1. The molecule has 3 aromatic rings. The second kappa shape index (κ2) is 8.49. The van der Waals surface area contributed by atoms with E-state index in [0.717, 1.165) is 34.1 Å². The number of fused-ring (bicyclic) bond motifs is 2. The van der Waals surface area contributed by atoms with Gasteiger partial charge < -0.3 is 23.9 Å². The highest BCUT2D eigenvalue weighted by Gasteiger charge is 2.16. The number of hydrogen-bond donors (Lipinski definition) is 1. The summed E-state index contributed by atoms with van der Waals surface area (Å²) in [4.78, 5) is 24.4. The van der Waals surface area contributed by atoms with Crippen molar-refractivity contribution in [3.8, 4) is 11.5 Å². The minimum absolute atomic E-state index is 0.0345. The Balaban J connectivity index is 1.33. The summed E-state index contributed by atoms with van der Waals surface area (Å²) in [6.45, 7) is 4.77. The first-order valence-electron chi connectivity index (χ1n) is 9.82. The quantitative estimate of drug-likeness (QED) is 0.643. The lowest BCUT2D eigenvalue weighted by Crippen LogP contribution is -2.21. The maximum Gasteiger partial charge on any atom is 0.310 e. The Morgan fingerprint density at radius 3 is 2.70 bits per heavy atom. The third kappa shape index (κ3) is 4.25. The average Bonchev–Trinajstić information content (AvgIpc) is 2.98. The van der Waals surface area contributed by atoms with E-state index in [1.807, 2.05) is 26.0 Å². The number of ether oxygens (including phenoxy) is 3. The van der Waals surface area contributed by atoms with E-state index in [1.54, 1.807) is 24.5 Å². The molecule has 0 aliphatic carbocycles. The zero-order valence-corrected chi connectivity index (χ0v) is 16.9. The lowest BCUT2D eigenvalue weighted by Gasteiger charge is -2.10. The second-order valence-electron chi connectivity index (χ2n) is 7.24. The summed E-state index contributed by atoms with van der Waals surface area (Å²) in [7, 11) is 0. The van der Waals surface area contributed by atoms with Gasteiger partial charge in [-0.15, -0.1) is 0 Å². The lowest BCUT2D eigenvalue weighted by atomic mass is 10.0. The number of carbonyl (C=O) groups excluding carboxylic acids is 2. The van der Waals surface area contributed by atoms with Crippen LogP contribution in [-0.2, 0) is 20.7 Å². The Hall–Kier alpha value is -3.48. The van der Waals surface area contributed by atoms with Gasteiger partial charge in [-0.3, -0.25) is 9.59 Å². The number of rotatable bonds is 5. The number of nitrogens with one attached hydrogen (secondary N) is 1. The molecule has 7 nitrogen and oxygen atoms in total. The molecule has 1 amide bonds. The van der Waals surface area contributed by atoms with Crippen molar-refractivity contribution in [2.45, 2.75) is 26.7 Å². The van der Waals surface area contributed by atoms with Gasteiger partial charge in [0.05, 0.1) is 25.9 Å². The van der Waals surface area contributed by atoms with Gasteiger partial charge in [-0.05, 0) is 37.1 Å². The molecule has 30 heavy (non-hydrogen) atoms. The lowest BCUT2D eigenvalue weighted by molar-refractivity contribution is -0.146. The van der Waals surface area contributed by atoms with Crippen LogP contribution in [0, 0.1) is 13.8 Å². The molecule has 0 unspecified atom stereocenters. The van der Waals surface area contributed by atoms with E-state index in [9.17, 15) is 9.59 Å². The van der Waals surface area contributed by atoms with Crippen LogP contribution in [0.1, 0.15) is 23.1 Å². The van der Waals surface area contributed by atoms with Gasteiger partial charge in [0.1, 0.15) is 5.58 Å². The van der Waals surface area contributed by atoms with Crippen LogP contribution in [0.5, 0.6) is 11.5 Å². The van der Waals surface area contributed by atoms with E-state index in [0.29, 0.717) is 30.4 Å². The fourth-order valence-corrected chi connectivity index (χ4v) is 3.32. The van der Waals surface area contributed by atoms with E-state index >= 15 is 0 Å². The standard InChI is InChI=1S/C23H23NO6/c1-14-4-6-18-16(12-30-23(18)15(14)2)10-22(26)29-13-21(25)24-17-5-7-19-20(11-17)28-9-3-8-27-19/h4-7,11-12H,3,8-10,13H2,1-2H3,(H,24,25). The smallest absolute Gasteiger partial charge is 0.310 e. The molecule has 0 fully saturated rings. The molecule has 0 saturated heterocycles. The van der Waals surface area contributed by atoms with Crippen molar-refractivity contribution in [1.29, 1.82) is 0 Å². The molecule has 2 aromatic carbocycles. The molecular weight excluding hydrogens is 386 g/mol. The number of carbonyl (C=O) groups is 2. The second-order valence-corrected chi connectivity index (χ2v) is 7.24. The fraction of sp³-hybridized carbons (Fsp3) is 0.304. The number of esters is 1. The Labute approximate surface area is 173 Å². The van der Waals surface area contributed by atoms with Crippen molar-refractivity contribution in [3.05, 3.63) is 53.3 Å². The fourth-order valence-electron chi connectivity index (χ4n) is 3.32. The largest absolute Gasteiger partial charge is 0.490 e. The van der Waals surface area contributed by atoms with Crippen LogP contribution in [0.15, 0.2) is 41.0 Å². The topological polar surface area (TPSA) is 87.0 Å². The number of hydrogen-bond acceptors (Lipinski definition) is 6. The Morgan fingerprint density at radius 2 is 1.87 bits per heavy atom. The predicted octanol–water partition coefficient (Wildman–Crippen LogP) is 3.94. The normalized spacial score (nSPS) is 13.0. The third-order valence-electron chi connectivity index (χ3n) is 5.07. The summed E-state index contributed by atoms with van der Waals surface area (Å²) in [5, 5.41) is 3.58. The molecule has 1 N–H and O–H groups in total. The molecule has 0 radical (unpaired) electrons. The molecule has 4 rings (SSSR count). The van der Waals surface area contributed by atoms with Gasteiger partial charge in [0.15, 0.2) is 18.1 Å². The Kier molecular flexibility index (Phi) is 5.61. The molecule has 2 heterocycles. The SMILES string of the molecule is Cc1ccc2c(CC(=O)OCC(=O)Nc3ccc4c(c3)OCCCO4)coc2c1C. The summed E-state index contributed by atoms with van der Waals surface area (Å²) in [6, 6.07) is 9.08. The van der Waals surface area contributed by atoms with Crippen LogP contribution in [0.25, 0.3) is 11.0 Å². The van der Waals surface area contributed by atoms with E-state index in [-0.39, 0.29) is 13.0 Å². The molecule has 156 valence electrons. The van der Waals surface area contributed by atoms with Crippen LogP contribution in [0.3, 0.4) is 0 Å². The molecule has 0 bridgehead atoms. The molecule has 1 aliphatic heterocycles. The van der Waals surface area contributed by atoms with E-state index in [1.165, 1.54) is 0 Å². The average molecular weight is 409 g/mol. The summed E-state index contributed by atoms with van der Waals surface area (Å²) < 4.78 is 21.9. The van der Waals surface area contributed by atoms with Crippen LogP contribution in [0.2, 0.25) is 0 Å². The Bertz CT molecular complexity index is 1100. The minimum Gasteiger partial charge on any atom is -0.490 e. The zero-order chi connectivity index (χ0) is 21.1. The molecule has 0 saturated carbocycles. The first kappa shape index (κ1) is 19.8. The summed E-state index contributed by atoms with van der Waals surface area (Å²) in [5.41, 5.74) is 4.22. The van der Waals surface area contributed by atoms with Crippen molar-refractivity contribution in [2.24, 2.45) is 0 Å². The molecule has 0 atom stereocenters. The van der Waals surface area contributed by atoms with Crippen molar-refractivity contribution < 1.29 is 28.2 Å². The number of anilines is 1. The highest BCUT2D eigenvalue weighted by atomic mass is 16.5. The van der Waals surface area contributed by atoms with Gasteiger partial charge in [0.2, 0.25) is 0 Å².